The van der Waals surface area contributed by atoms with Crippen LogP contribution in [0.15, 0.2) is 53.3 Å². The number of carbonyl (C=O) groups is 1. The molecule has 0 aliphatic carbocycles. The van der Waals surface area contributed by atoms with Gasteiger partial charge in [0.2, 0.25) is 5.91 Å². The molecule has 0 radical (unpaired) electrons. The summed E-state index contributed by atoms with van der Waals surface area (Å²) in [6.07, 6.45) is 1.56. The van der Waals surface area contributed by atoms with Crippen molar-refractivity contribution in [2.45, 2.75) is 6.92 Å². The van der Waals surface area contributed by atoms with Crippen LogP contribution in [-0.2, 0) is 0 Å². The first kappa shape index (κ1) is 17.2. The van der Waals surface area contributed by atoms with Gasteiger partial charge in [0.05, 0.1) is 21.8 Å². The van der Waals surface area contributed by atoms with E-state index in [0.29, 0.717) is 44.3 Å². The third kappa shape index (κ3) is 2.64. The molecular formula is C21H15N5O2. The fraction of sp³-hybridized carbons (Fsp3) is 0.0476. The molecule has 0 fully saturated rings. The van der Waals surface area contributed by atoms with E-state index >= 15 is 0 Å². The van der Waals surface area contributed by atoms with E-state index in [-0.39, 0.29) is 5.56 Å². The second-order valence-corrected chi connectivity index (χ2v) is 6.32. The number of pyridine rings is 1. The lowest BCUT2D eigenvalue weighted by atomic mass is 10.1. The van der Waals surface area contributed by atoms with E-state index in [1.54, 1.807) is 49.5 Å². The van der Waals surface area contributed by atoms with Crippen molar-refractivity contribution >= 4 is 34.5 Å². The maximum atomic E-state index is 13.1. The predicted molar refractivity (Wildman–Crippen MR) is 107 cm³/mol. The highest BCUT2D eigenvalue weighted by molar-refractivity contribution is 5.93. The molecule has 7 nitrogen and oxygen atoms in total. The molecule has 28 heavy (non-hydrogen) atoms. The number of imidazole rings is 1. The Balaban J connectivity index is 1.92. The summed E-state index contributed by atoms with van der Waals surface area (Å²) in [4.78, 5) is 28.8. The van der Waals surface area contributed by atoms with Crippen molar-refractivity contribution in [3.05, 3.63) is 80.8 Å². The number of primary amides is 1. The van der Waals surface area contributed by atoms with Crippen molar-refractivity contribution in [3.8, 4) is 6.07 Å². The minimum absolute atomic E-state index is 0.263. The average Bonchev–Trinajstić information content (AvgIpc) is 3.08. The van der Waals surface area contributed by atoms with Crippen LogP contribution in [0.5, 0.6) is 0 Å². The first-order valence-corrected chi connectivity index (χ1v) is 8.51. The van der Waals surface area contributed by atoms with E-state index in [4.69, 9.17) is 5.73 Å². The minimum Gasteiger partial charge on any atom is -0.366 e. The van der Waals surface area contributed by atoms with Crippen LogP contribution >= 0.6 is 0 Å². The number of nitriles is 1. The van der Waals surface area contributed by atoms with Gasteiger partial charge in [0, 0.05) is 17.5 Å². The molecule has 4 rings (SSSR count). The lowest BCUT2D eigenvalue weighted by Crippen LogP contribution is -2.34. The largest absolute Gasteiger partial charge is 0.366 e. The van der Waals surface area contributed by atoms with Gasteiger partial charge in [-0.25, -0.2) is 4.98 Å². The Labute approximate surface area is 159 Å². The standard InChI is InChI=1S/C21H15N5O2/c1-12-15(10-22)20-25-17-4-2-3-5-18(17)26(20)21(28)16(12)11-24-14-8-6-13(7-9-14)19(23)27/h2-9,11,24H,1H3,(H2,23,27)/b16-11-. The van der Waals surface area contributed by atoms with Crippen molar-refractivity contribution in [2.75, 3.05) is 5.32 Å². The average molecular weight is 369 g/mol. The molecule has 0 spiro atoms. The van der Waals surface area contributed by atoms with E-state index in [9.17, 15) is 14.9 Å². The van der Waals surface area contributed by atoms with Gasteiger partial charge in [-0.2, -0.15) is 5.26 Å². The summed E-state index contributed by atoms with van der Waals surface area (Å²) in [6.45, 7) is 1.73. The Morgan fingerprint density at radius 2 is 1.93 bits per heavy atom. The van der Waals surface area contributed by atoms with Gasteiger partial charge in [0.1, 0.15) is 6.07 Å². The molecule has 2 heterocycles. The zero-order valence-electron chi connectivity index (χ0n) is 14.9. The highest BCUT2D eigenvalue weighted by Crippen LogP contribution is 2.17. The van der Waals surface area contributed by atoms with E-state index in [1.165, 1.54) is 4.40 Å². The summed E-state index contributed by atoms with van der Waals surface area (Å²) >= 11 is 0. The lowest BCUT2D eigenvalue weighted by molar-refractivity contribution is 0.100. The number of amides is 1. The minimum atomic E-state index is -0.510. The zero-order chi connectivity index (χ0) is 19.8. The van der Waals surface area contributed by atoms with Crippen LogP contribution in [0, 0.1) is 18.3 Å². The maximum absolute atomic E-state index is 13.1. The van der Waals surface area contributed by atoms with Crippen molar-refractivity contribution in [1.82, 2.24) is 9.38 Å². The molecular weight excluding hydrogens is 354 g/mol. The van der Waals surface area contributed by atoms with E-state index in [2.05, 4.69) is 16.4 Å². The van der Waals surface area contributed by atoms with Gasteiger partial charge in [0.25, 0.3) is 5.56 Å². The molecule has 2 aromatic heterocycles. The predicted octanol–water partition coefficient (Wildman–Crippen LogP) is 1.70. The van der Waals surface area contributed by atoms with Gasteiger partial charge in [-0.15, -0.1) is 0 Å². The van der Waals surface area contributed by atoms with Crippen LogP contribution in [-0.4, -0.2) is 15.3 Å². The number of benzene rings is 2. The van der Waals surface area contributed by atoms with Crippen LogP contribution in [0.2, 0.25) is 0 Å². The topological polar surface area (TPSA) is 113 Å². The molecule has 0 atom stereocenters. The zero-order valence-corrected chi connectivity index (χ0v) is 14.9. The summed E-state index contributed by atoms with van der Waals surface area (Å²) in [7, 11) is 0. The number of carbonyl (C=O) groups excluding carboxylic acids is 1. The number of fused-ring (bicyclic) bond motifs is 3. The maximum Gasteiger partial charge on any atom is 0.265 e. The van der Waals surface area contributed by atoms with Gasteiger partial charge in [-0.1, -0.05) is 12.1 Å². The van der Waals surface area contributed by atoms with E-state index in [1.807, 2.05) is 12.1 Å². The van der Waals surface area contributed by atoms with Crippen molar-refractivity contribution in [1.29, 1.82) is 5.26 Å². The van der Waals surface area contributed by atoms with Crippen molar-refractivity contribution in [2.24, 2.45) is 5.73 Å². The number of anilines is 1. The highest BCUT2D eigenvalue weighted by Gasteiger charge is 2.15. The van der Waals surface area contributed by atoms with Gasteiger partial charge >= 0.3 is 0 Å². The molecule has 136 valence electrons. The van der Waals surface area contributed by atoms with Crippen LogP contribution in [0.1, 0.15) is 21.5 Å². The summed E-state index contributed by atoms with van der Waals surface area (Å²) in [5.41, 5.74) is 8.62. The van der Waals surface area contributed by atoms with Crippen LogP contribution in [0.3, 0.4) is 0 Å². The quantitative estimate of drug-likeness (QED) is 0.571. The number of nitrogens with two attached hydrogens (primary N) is 1. The third-order valence-corrected chi connectivity index (χ3v) is 4.66. The van der Waals surface area contributed by atoms with E-state index < -0.39 is 5.91 Å². The van der Waals surface area contributed by atoms with Crippen molar-refractivity contribution in [3.63, 3.8) is 0 Å². The smallest absolute Gasteiger partial charge is 0.265 e. The molecule has 1 amide bonds. The fourth-order valence-electron chi connectivity index (χ4n) is 3.17. The number of rotatable bonds is 3. The molecule has 0 unspecified atom stereocenters. The van der Waals surface area contributed by atoms with Crippen LogP contribution in [0.25, 0.3) is 22.9 Å². The van der Waals surface area contributed by atoms with Gasteiger partial charge in [-0.3, -0.25) is 14.0 Å². The molecule has 0 aliphatic rings. The summed E-state index contributed by atoms with van der Waals surface area (Å²) < 4.78 is 1.46. The number of nitrogens with zero attached hydrogens (tertiary/aromatic N) is 3. The fourth-order valence-corrected chi connectivity index (χ4v) is 3.17. The Bertz CT molecular complexity index is 1400. The lowest BCUT2D eigenvalue weighted by Gasteiger charge is -2.05. The first-order valence-electron chi connectivity index (χ1n) is 8.51. The molecule has 0 bridgehead atoms. The number of para-hydroxylation sites is 2. The Hall–Kier alpha value is -4.18. The van der Waals surface area contributed by atoms with Gasteiger partial charge in [-0.05, 0) is 48.9 Å². The second kappa shape index (κ2) is 6.52. The monoisotopic (exact) mass is 369 g/mol. The molecule has 4 aromatic rings. The Morgan fingerprint density at radius 1 is 1.21 bits per heavy atom. The first-order chi connectivity index (χ1) is 13.5. The summed E-state index contributed by atoms with van der Waals surface area (Å²) in [5.74, 6) is -0.510. The van der Waals surface area contributed by atoms with Crippen LogP contribution < -0.4 is 21.8 Å². The molecule has 0 saturated heterocycles. The molecule has 2 aromatic carbocycles. The number of aromatic nitrogens is 2. The normalized spacial score (nSPS) is 11.6. The Morgan fingerprint density at radius 3 is 2.61 bits per heavy atom. The Kier molecular flexibility index (Phi) is 4.02. The molecule has 7 heteroatoms. The molecule has 0 saturated carbocycles. The SMILES string of the molecule is Cc1c(C#N)c2nc3ccccc3n2c(=O)/c1=C\Nc1ccc(C(N)=O)cc1. The van der Waals surface area contributed by atoms with Gasteiger partial charge < -0.3 is 11.1 Å². The van der Waals surface area contributed by atoms with Crippen molar-refractivity contribution < 1.29 is 4.79 Å². The number of hydrogen-bond donors (Lipinski definition) is 2. The van der Waals surface area contributed by atoms with Crippen LogP contribution in [0.4, 0.5) is 5.69 Å². The van der Waals surface area contributed by atoms with E-state index in [0.717, 1.165) is 0 Å². The number of hydrogen-bond acceptors (Lipinski definition) is 5. The summed E-state index contributed by atoms with van der Waals surface area (Å²) in [5, 5.41) is 13.1. The highest BCUT2D eigenvalue weighted by atomic mass is 16.1. The second-order valence-electron chi connectivity index (χ2n) is 6.32. The van der Waals surface area contributed by atoms with Gasteiger partial charge in [0.15, 0.2) is 5.65 Å². The molecule has 0 aliphatic heterocycles. The molecule has 3 N–H and O–H groups in total. The third-order valence-electron chi connectivity index (χ3n) is 4.66. The number of nitrogens with one attached hydrogen (secondary N) is 1. The summed E-state index contributed by atoms with van der Waals surface area (Å²) in [6, 6.07) is 16.0.